The average molecular weight is 234 g/mol. The smallest absolute Gasteiger partial charge is 0.266 e. The first-order valence-corrected chi connectivity index (χ1v) is 5.79. The van der Waals surface area contributed by atoms with Gasteiger partial charge in [-0.15, -0.1) is 0 Å². The zero-order valence-corrected chi connectivity index (χ0v) is 10.5. The Hall–Kier alpha value is -1.84. The lowest BCUT2D eigenvalue weighted by Crippen LogP contribution is -2.14. The van der Waals surface area contributed by atoms with Gasteiger partial charge >= 0.3 is 0 Å². The highest BCUT2D eigenvalue weighted by atomic mass is 16.5. The molecule has 1 heterocycles. The molecule has 2 rings (SSSR count). The second kappa shape index (κ2) is 6.68. The highest BCUT2D eigenvalue weighted by molar-refractivity contribution is 5.98. The quantitative estimate of drug-likeness (QED) is 0.790. The van der Waals surface area contributed by atoms with E-state index in [4.69, 9.17) is 4.74 Å². The Balaban J connectivity index is 0.000000686. The Kier molecular flexibility index (Phi) is 5.20. The van der Waals surface area contributed by atoms with Crippen LogP contribution in [-0.4, -0.2) is 22.6 Å². The van der Waals surface area contributed by atoms with Gasteiger partial charge < -0.3 is 4.74 Å². The van der Waals surface area contributed by atoms with E-state index < -0.39 is 0 Å². The Morgan fingerprint density at radius 2 is 2.24 bits per heavy atom. The second-order valence-corrected chi connectivity index (χ2v) is 3.26. The molecular formula is C13H18N2O2. The minimum atomic E-state index is -0.0969. The number of aromatic nitrogens is 2. The van der Waals surface area contributed by atoms with Crippen molar-refractivity contribution in [2.45, 2.75) is 26.7 Å². The van der Waals surface area contributed by atoms with Crippen LogP contribution in [0.1, 0.15) is 31.5 Å². The average Bonchev–Trinajstić information content (AvgIpc) is 2.94. The molecule has 1 aliphatic carbocycles. The molecule has 0 bridgehead atoms. The van der Waals surface area contributed by atoms with E-state index in [9.17, 15) is 4.79 Å². The number of carbonyl (C=O) groups is 1. The molecule has 0 radical (unpaired) electrons. The predicted octanol–water partition coefficient (Wildman–Crippen LogP) is 2.80. The fraction of sp³-hybridized carbons (Fsp3) is 0.385. The summed E-state index contributed by atoms with van der Waals surface area (Å²) in [4.78, 5) is 15.8. The van der Waals surface area contributed by atoms with Crippen molar-refractivity contribution in [2.24, 2.45) is 0 Å². The van der Waals surface area contributed by atoms with Gasteiger partial charge in [0.2, 0.25) is 0 Å². The molecule has 92 valence electrons. The van der Waals surface area contributed by atoms with Gasteiger partial charge in [0.15, 0.2) is 0 Å². The predicted molar refractivity (Wildman–Crippen MR) is 66.6 cm³/mol. The number of hydrogen-bond donors (Lipinski definition) is 0. The van der Waals surface area contributed by atoms with Crippen LogP contribution in [0.5, 0.6) is 0 Å². The zero-order valence-electron chi connectivity index (χ0n) is 10.5. The van der Waals surface area contributed by atoms with Gasteiger partial charge in [-0.2, -0.15) is 0 Å². The number of rotatable bonds is 2. The first kappa shape index (κ1) is 13.2. The van der Waals surface area contributed by atoms with E-state index in [0.29, 0.717) is 5.57 Å². The highest BCUT2D eigenvalue weighted by Gasteiger charge is 2.17. The van der Waals surface area contributed by atoms with Crippen LogP contribution in [-0.2, 0) is 4.74 Å². The fourth-order valence-corrected chi connectivity index (χ4v) is 1.56. The first-order valence-electron chi connectivity index (χ1n) is 5.79. The summed E-state index contributed by atoms with van der Waals surface area (Å²) in [6.45, 7) is 4.00. The number of hydrogen-bond acceptors (Lipinski definition) is 3. The van der Waals surface area contributed by atoms with Gasteiger partial charge in [-0.3, -0.25) is 9.36 Å². The van der Waals surface area contributed by atoms with Crippen molar-refractivity contribution >= 4 is 5.91 Å². The van der Waals surface area contributed by atoms with Crippen molar-refractivity contribution in [3.63, 3.8) is 0 Å². The molecule has 4 nitrogen and oxygen atoms in total. The van der Waals surface area contributed by atoms with Gasteiger partial charge in [-0.05, 0) is 12.5 Å². The monoisotopic (exact) mass is 234 g/mol. The third-order valence-corrected chi connectivity index (χ3v) is 2.34. The van der Waals surface area contributed by atoms with Gasteiger partial charge in [0.05, 0.1) is 12.7 Å². The van der Waals surface area contributed by atoms with E-state index in [1.807, 2.05) is 26.0 Å². The Labute approximate surface area is 102 Å². The maximum atomic E-state index is 12.0. The summed E-state index contributed by atoms with van der Waals surface area (Å²) in [6.07, 6.45) is 10.2. The molecule has 0 fully saturated rings. The first-order chi connectivity index (χ1) is 8.33. The van der Waals surface area contributed by atoms with Crippen LogP contribution in [0.15, 0.2) is 42.2 Å². The van der Waals surface area contributed by atoms with Crippen LogP contribution in [0.25, 0.3) is 0 Å². The van der Waals surface area contributed by atoms with E-state index >= 15 is 0 Å². The van der Waals surface area contributed by atoms with Crippen LogP contribution in [0.3, 0.4) is 0 Å². The number of allylic oxidation sites excluding steroid dienone is 4. The highest BCUT2D eigenvalue weighted by Crippen LogP contribution is 2.20. The molecular weight excluding hydrogens is 216 g/mol. The Bertz CT molecular complexity index is 417. The SMILES string of the molecule is CC.COC1=C(C(=O)n2ccnc2)C=CCC1. The van der Waals surface area contributed by atoms with E-state index in [0.717, 1.165) is 18.6 Å². The summed E-state index contributed by atoms with van der Waals surface area (Å²) < 4.78 is 6.65. The fourth-order valence-electron chi connectivity index (χ4n) is 1.56. The Morgan fingerprint density at radius 1 is 1.47 bits per heavy atom. The Morgan fingerprint density at radius 3 is 2.82 bits per heavy atom. The number of carbonyl (C=O) groups excluding carboxylic acids is 1. The maximum absolute atomic E-state index is 12.0. The second-order valence-electron chi connectivity index (χ2n) is 3.26. The zero-order chi connectivity index (χ0) is 12.7. The van der Waals surface area contributed by atoms with Crippen LogP contribution in [0, 0.1) is 0 Å². The van der Waals surface area contributed by atoms with E-state index in [1.165, 1.54) is 10.9 Å². The number of imidazole rings is 1. The molecule has 0 unspecified atom stereocenters. The molecule has 1 aliphatic rings. The van der Waals surface area contributed by atoms with Crippen molar-refractivity contribution < 1.29 is 9.53 Å². The number of methoxy groups -OCH3 is 1. The van der Waals surface area contributed by atoms with E-state index in [2.05, 4.69) is 4.98 Å². The number of nitrogens with zero attached hydrogens (tertiary/aromatic N) is 2. The van der Waals surface area contributed by atoms with E-state index in [1.54, 1.807) is 19.5 Å². The molecule has 0 aliphatic heterocycles. The molecule has 0 spiro atoms. The molecule has 0 aromatic carbocycles. The molecule has 0 amide bonds. The van der Waals surface area contributed by atoms with Crippen molar-refractivity contribution in [1.29, 1.82) is 0 Å². The summed E-state index contributed by atoms with van der Waals surface area (Å²) in [7, 11) is 1.59. The molecule has 0 saturated carbocycles. The minimum Gasteiger partial charge on any atom is -0.500 e. The van der Waals surface area contributed by atoms with E-state index in [-0.39, 0.29) is 5.91 Å². The molecule has 1 aromatic heterocycles. The summed E-state index contributed by atoms with van der Waals surface area (Å²) in [5, 5.41) is 0. The third kappa shape index (κ3) is 3.06. The van der Waals surface area contributed by atoms with Crippen molar-refractivity contribution in [1.82, 2.24) is 9.55 Å². The molecule has 0 saturated heterocycles. The molecule has 4 heteroatoms. The van der Waals surface area contributed by atoms with Gasteiger partial charge in [0, 0.05) is 18.8 Å². The number of ether oxygens (including phenoxy) is 1. The minimum absolute atomic E-state index is 0.0969. The molecule has 0 atom stereocenters. The van der Waals surface area contributed by atoms with Crippen LogP contribution >= 0.6 is 0 Å². The standard InChI is InChI=1S/C11H12N2O2.C2H6/c1-15-10-5-3-2-4-9(10)11(14)13-7-6-12-8-13;1-2/h2,4,6-8H,3,5H2,1H3;1-2H3. The molecule has 1 aromatic rings. The van der Waals surface area contributed by atoms with Crippen LogP contribution in [0.4, 0.5) is 0 Å². The lowest BCUT2D eigenvalue weighted by molar-refractivity contribution is 0.0950. The van der Waals surface area contributed by atoms with Gasteiger partial charge in [-0.1, -0.05) is 19.9 Å². The summed E-state index contributed by atoms with van der Waals surface area (Å²) in [5.41, 5.74) is 0.613. The maximum Gasteiger partial charge on any atom is 0.266 e. The summed E-state index contributed by atoms with van der Waals surface area (Å²) in [5.74, 6) is 0.650. The largest absolute Gasteiger partial charge is 0.500 e. The lowest BCUT2D eigenvalue weighted by Gasteiger charge is -2.13. The van der Waals surface area contributed by atoms with Gasteiger partial charge in [0.1, 0.15) is 12.1 Å². The van der Waals surface area contributed by atoms with Crippen molar-refractivity contribution in [3.8, 4) is 0 Å². The molecule has 17 heavy (non-hydrogen) atoms. The van der Waals surface area contributed by atoms with Crippen LogP contribution in [0.2, 0.25) is 0 Å². The topological polar surface area (TPSA) is 44.1 Å². The van der Waals surface area contributed by atoms with Gasteiger partial charge in [0.25, 0.3) is 5.91 Å². The molecule has 0 N–H and O–H groups in total. The summed E-state index contributed by atoms with van der Waals surface area (Å²) >= 11 is 0. The normalized spacial score (nSPS) is 14.1. The lowest BCUT2D eigenvalue weighted by atomic mass is 10.0. The van der Waals surface area contributed by atoms with Crippen LogP contribution < -0.4 is 0 Å². The van der Waals surface area contributed by atoms with Crippen molar-refractivity contribution in [2.75, 3.05) is 7.11 Å². The summed E-state index contributed by atoms with van der Waals surface area (Å²) in [6, 6.07) is 0. The third-order valence-electron chi connectivity index (χ3n) is 2.34. The van der Waals surface area contributed by atoms with Gasteiger partial charge in [-0.25, -0.2) is 4.98 Å². The van der Waals surface area contributed by atoms with Crippen molar-refractivity contribution in [3.05, 3.63) is 42.2 Å².